The van der Waals surface area contributed by atoms with Crippen molar-refractivity contribution in [3.05, 3.63) is 0 Å². The largest absolute Gasteiger partial charge is 0.466 e. The Kier molecular flexibility index (Phi) is 6.56. The maximum atomic E-state index is 11.4. The van der Waals surface area contributed by atoms with Gasteiger partial charge in [-0.2, -0.15) is 0 Å². The van der Waals surface area contributed by atoms with E-state index >= 15 is 0 Å². The lowest BCUT2D eigenvalue weighted by Crippen LogP contribution is -2.12. The Bertz CT molecular complexity index is 228. The third-order valence-electron chi connectivity index (χ3n) is 3.69. The molecule has 1 fully saturated rings. The van der Waals surface area contributed by atoms with E-state index < -0.39 is 0 Å². The summed E-state index contributed by atoms with van der Waals surface area (Å²) in [6.45, 7) is 4.47. The summed E-state index contributed by atoms with van der Waals surface area (Å²) in [5, 5.41) is 9.95. The molecule has 17 heavy (non-hydrogen) atoms. The molecule has 1 aliphatic carbocycles. The number of unbranched alkanes of at least 4 members (excludes halogenated alkanes) is 2. The van der Waals surface area contributed by atoms with E-state index in [-0.39, 0.29) is 12.1 Å². The monoisotopic (exact) mass is 242 g/mol. The first-order valence-corrected chi connectivity index (χ1v) is 7.01. The van der Waals surface area contributed by atoms with Crippen molar-refractivity contribution in [3.8, 4) is 0 Å². The van der Waals surface area contributed by atoms with Crippen molar-refractivity contribution in [1.29, 1.82) is 0 Å². The molecular formula is C14H26O3. The van der Waals surface area contributed by atoms with E-state index in [1.54, 1.807) is 0 Å². The Hall–Kier alpha value is -0.570. The number of carbonyl (C=O) groups excluding carboxylic acids is 1. The second-order valence-corrected chi connectivity index (χ2v) is 5.17. The van der Waals surface area contributed by atoms with Gasteiger partial charge in [0, 0.05) is 6.42 Å². The van der Waals surface area contributed by atoms with Crippen molar-refractivity contribution in [2.24, 2.45) is 11.8 Å². The molecule has 0 aromatic rings. The van der Waals surface area contributed by atoms with Gasteiger partial charge in [0.05, 0.1) is 12.7 Å². The fraction of sp³-hybridized carbons (Fsp3) is 0.929. The van der Waals surface area contributed by atoms with E-state index in [0.29, 0.717) is 24.9 Å². The van der Waals surface area contributed by atoms with Crippen molar-refractivity contribution in [2.75, 3.05) is 6.61 Å². The third-order valence-corrected chi connectivity index (χ3v) is 3.69. The summed E-state index contributed by atoms with van der Waals surface area (Å²) >= 11 is 0. The number of carbonyl (C=O) groups is 1. The first kappa shape index (κ1) is 14.5. The van der Waals surface area contributed by atoms with E-state index in [9.17, 15) is 9.90 Å². The molecule has 0 amide bonds. The molecule has 1 aliphatic rings. The molecule has 0 aromatic heterocycles. The van der Waals surface area contributed by atoms with Gasteiger partial charge >= 0.3 is 5.97 Å². The number of ether oxygens (including phenoxy) is 1. The van der Waals surface area contributed by atoms with Crippen molar-refractivity contribution < 1.29 is 14.6 Å². The topological polar surface area (TPSA) is 46.5 Å². The Morgan fingerprint density at radius 3 is 2.71 bits per heavy atom. The molecule has 0 radical (unpaired) electrons. The van der Waals surface area contributed by atoms with E-state index in [1.807, 2.05) is 6.92 Å². The predicted molar refractivity (Wildman–Crippen MR) is 67.6 cm³/mol. The first-order valence-electron chi connectivity index (χ1n) is 7.01. The molecule has 0 heterocycles. The van der Waals surface area contributed by atoms with Crippen LogP contribution in [0.15, 0.2) is 0 Å². The van der Waals surface area contributed by atoms with Crippen LogP contribution in [0, 0.1) is 11.8 Å². The van der Waals surface area contributed by atoms with Crippen LogP contribution in [-0.4, -0.2) is 23.8 Å². The van der Waals surface area contributed by atoms with Crippen molar-refractivity contribution in [3.63, 3.8) is 0 Å². The molecule has 3 heteroatoms. The molecular weight excluding hydrogens is 216 g/mol. The Morgan fingerprint density at radius 1 is 1.29 bits per heavy atom. The summed E-state index contributed by atoms with van der Waals surface area (Å²) in [7, 11) is 0. The van der Waals surface area contributed by atoms with Gasteiger partial charge in [0.1, 0.15) is 0 Å². The molecule has 1 N–H and O–H groups in total. The second kappa shape index (κ2) is 7.70. The molecule has 0 bridgehead atoms. The van der Waals surface area contributed by atoms with Crippen LogP contribution in [0.3, 0.4) is 0 Å². The maximum Gasteiger partial charge on any atom is 0.306 e. The van der Waals surface area contributed by atoms with Crippen LogP contribution in [0.1, 0.15) is 58.8 Å². The molecule has 100 valence electrons. The van der Waals surface area contributed by atoms with Crippen LogP contribution in [-0.2, 0) is 9.53 Å². The first-order chi connectivity index (χ1) is 8.17. The van der Waals surface area contributed by atoms with Crippen LogP contribution >= 0.6 is 0 Å². The average molecular weight is 242 g/mol. The third kappa shape index (κ3) is 5.07. The van der Waals surface area contributed by atoms with E-state index in [4.69, 9.17) is 4.74 Å². The number of hydrogen-bond acceptors (Lipinski definition) is 3. The number of hydrogen-bond donors (Lipinski definition) is 1. The van der Waals surface area contributed by atoms with Gasteiger partial charge in [0.2, 0.25) is 0 Å². The molecule has 3 atom stereocenters. The zero-order valence-electron chi connectivity index (χ0n) is 11.2. The summed E-state index contributed by atoms with van der Waals surface area (Å²) < 4.78 is 4.95. The lowest BCUT2D eigenvalue weighted by atomic mass is 9.96. The van der Waals surface area contributed by atoms with Gasteiger partial charge in [-0.3, -0.25) is 4.79 Å². The molecule has 0 spiro atoms. The number of esters is 1. The summed E-state index contributed by atoms with van der Waals surface area (Å²) in [6.07, 6.45) is 6.81. The summed E-state index contributed by atoms with van der Waals surface area (Å²) in [4.78, 5) is 11.4. The fourth-order valence-corrected chi connectivity index (χ4v) is 2.80. The molecule has 0 aliphatic heterocycles. The molecule has 0 saturated heterocycles. The Labute approximate surface area is 105 Å². The number of aliphatic hydroxyl groups excluding tert-OH is 1. The Morgan fingerprint density at radius 2 is 2.06 bits per heavy atom. The van der Waals surface area contributed by atoms with E-state index in [1.165, 1.54) is 19.3 Å². The van der Waals surface area contributed by atoms with Crippen LogP contribution in [0.25, 0.3) is 0 Å². The highest BCUT2D eigenvalue weighted by Crippen LogP contribution is 2.36. The van der Waals surface area contributed by atoms with Gasteiger partial charge in [0.15, 0.2) is 0 Å². The minimum atomic E-state index is -0.203. The summed E-state index contributed by atoms with van der Waals surface area (Å²) in [5.41, 5.74) is 0. The standard InChI is InChI=1S/C14H26O3/c1-3-5-6-7-12-8-11(9-13(12)15)10-14(16)17-4-2/h11-13,15H,3-10H2,1-2H3. The van der Waals surface area contributed by atoms with Crippen LogP contribution in [0.5, 0.6) is 0 Å². The maximum absolute atomic E-state index is 11.4. The lowest BCUT2D eigenvalue weighted by Gasteiger charge is -2.13. The predicted octanol–water partition coefficient (Wildman–Crippen LogP) is 2.91. The SMILES string of the molecule is CCCCCC1CC(CC(=O)OCC)CC1O. The Balaban J connectivity index is 2.25. The van der Waals surface area contributed by atoms with Gasteiger partial charge in [-0.15, -0.1) is 0 Å². The average Bonchev–Trinajstić information content (AvgIpc) is 2.60. The molecule has 1 saturated carbocycles. The summed E-state index contributed by atoms with van der Waals surface area (Å²) in [6, 6.07) is 0. The van der Waals surface area contributed by atoms with Crippen molar-refractivity contribution >= 4 is 5.97 Å². The van der Waals surface area contributed by atoms with Crippen molar-refractivity contribution in [2.45, 2.75) is 64.9 Å². The minimum Gasteiger partial charge on any atom is -0.466 e. The molecule has 1 rings (SSSR count). The van der Waals surface area contributed by atoms with E-state index in [2.05, 4.69) is 6.92 Å². The molecule has 3 nitrogen and oxygen atoms in total. The molecule has 3 unspecified atom stereocenters. The highest BCUT2D eigenvalue weighted by molar-refractivity contribution is 5.69. The van der Waals surface area contributed by atoms with Gasteiger partial charge in [-0.1, -0.05) is 26.2 Å². The highest BCUT2D eigenvalue weighted by Gasteiger charge is 2.33. The highest BCUT2D eigenvalue weighted by atomic mass is 16.5. The van der Waals surface area contributed by atoms with Crippen molar-refractivity contribution in [1.82, 2.24) is 0 Å². The minimum absolute atomic E-state index is 0.112. The van der Waals surface area contributed by atoms with Crippen LogP contribution < -0.4 is 0 Å². The number of rotatable bonds is 7. The quantitative estimate of drug-likeness (QED) is 0.551. The van der Waals surface area contributed by atoms with E-state index in [0.717, 1.165) is 19.3 Å². The van der Waals surface area contributed by atoms with Gasteiger partial charge < -0.3 is 9.84 Å². The normalized spacial score (nSPS) is 28.3. The van der Waals surface area contributed by atoms with Crippen LogP contribution in [0.4, 0.5) is 0 Å². The zero-order valence-corrected chi connectivity index (χ0v) is 11.2. The van der Waals surface area contributed by atoms with Gasteiger partial charge in [0.25, 0.3) is 0 Å². The van der Waals surface area contributed by atoms with Gasteiger partial charge in [-0.05, 0) is 38.0 Å². The smallest absolute Gasteiger partial charge is 0.306 e. The molecule has 0 aromatic carbocycles. The van der Waals surface area contributed by atoms with Gasteiger partial charge in [-0.25, -0.2) is 0 Å². The lowest BCUT2D eigenvalue weighted by molar-refractivity contribution is -0.144. The zero-order chi connectivity index (χ0) is 12.7. The second-order valence-electron chi connectivity index (χ2n) is 5.17. The fourth-order valence-electron chi connectivity index (χ4n) is 2.80. The van der Waals surface area contributed by atoms with Crippen LogP contribution in [0.2, 0.25) is 0 Å². The number of aliphatic hydroxyl groups is 1. The summed E-state index contributed by atoms with van der Waals surface area (Å²) in [5.74, 6) is 0.621.